The summed E-state index contributed by atoms with van der Waals surface area (Å²) < 4.78 is 26.5. The maximum Gasteiger partial charge on any atom is 0.312 e. The minimum atomic E-state index is -1.03. The normalized spacial score (nSPS) is 22.6. The van der Waals surface area contributed by atoms with E-state index in [1.807, 2.05) is 0 Å². The standard InChI is InChI=1S/C22H24O9/c1-27-15-9-11(5-7-13(15)23)19-17(21(25)29-3)18(22(26)30-4)20(31-19)12-6-8-14(24)16(10-12)28-2/h5-10,17-20,23-24H,1-4H3/t17-,18-,19-,20+/m1/s1. The van der Waals surface area contributed by atoms with Gasteiger partial charge in [-0.1, -0.05) is 12.1 Å². The number of hydrogen-bond donors (Lipinski definition) is 2. The molecule has 9 nitrogen and oxygen atoms in total. The Morgan fingerprint density at radius 3 is 1.45 bits per heavy atom. The molecule has 1 heterocycles. The molecular formula is C22H24O9. The van der Waals surface area contributed by atoms with Crippen LogP contribution >= 0.6 is 0 Å². The lowest BCUT2D eigenvalue weighted by Crippen LogP contribution is -2.32. The summed E-state index contributed by atoms with van der Waals surface area (Å²) in [5.41, 5.74) is 1.01. The number of carbonyl (C=O) groups is 2. The van der Waals surface area contributed by atoms with E-state index in [4.69, 9.17) is 23.7 Å². The van der Waals surface area contributed by atoms with Crippen molar-refractivity contribution in [2.75, 3.05) is 28.4 Å². The van der Waals surface area contributed by atoms with E-state index in [0.29, 0.717) is 11.1 Å². The molecule has 0 saturated carbocycles. The monoisotopic (exact) mass is 432 g/mol. The molecule has 0 bridgehead atoms. The molecule has 2 aromatic carbocycles. The Hall–Kier alpha value is -3.46. The van der Waals surface area contributed by atoms with E-state index in [0.717, 1.165) is 0 Å². The number of benzene rings is 2. The first-order valence-corrected chi connectivity index (χ1v) is 9.41. The Bertz CT molecular complexity index is 894. The van der Waals surface area contributed by atoms with Crippen LogP contribution in [0.5, 0.6) is 23.0 Å². The van der Waals surface area contributed by atoms with Gasteiger partial charge in [0.1, 0.15) is 11.8 Å². The molecule has 1 saturated heterocycles. The van der Waals surface area contributed by atoms with Crippen LogP contribution in [0.4, 0.5) is 0 Å². The molecule has 1 aliphatic heterocycles. The molecule has 1 fully saturated rings. The average Bonchev–Trinajstić information content (AvgIpc) is 3.19. The summed E-state index contributed by atoms with van der Waals surface area (Å²) in [5, 5.41) is 19.8. The van der Waals surface area contributed by atoms with E-state index in [9.17, 15) is 19.8 Å². The zero-order valence-corrected chi connectivity index (χ0v) is 17.5. The van der Waals surface area contributed by atoms with Gasteiger partial charge in [0, 0.05) is 0 Å². The zero-order valence-electron chi connectivity index (χ0n) is 17.5. The summed E-state index contributed by atoms with van der Waals surface area (Å²) in [6, 6.07) is 9.04. The second kappa shape index (κ2) is 9.13. The summed E-state index contributed by atoms with van der Waals surface area (Å²) in [6.45, 7) is 0. The number of ether oxygens (including phenoxy) is 5. The third-order valence-corrected chi connectivity index (χ3v) is 5.34. The number of esters is 2. The fourth-order valence-electron chi connectivity index (χ4n) is 3.83. The molecule has 4 atom stereocenters. The number of carbonyl (C=O) groups excluding carboxylic acids is 2. The maximum absolute atomic E-state index is 12.7. The SMILES string of the molecule is COC(=O)[C@@H]1[C@@H](C(=O)OC)[C@H](c2ccc(O)c(OC)c2)O[C@@H]1c1ccc(O)c(OC)c1. The van der Waals surface area contributed by atoms with Crippen molar-refractivity contribution in [3.8, 4) is 23.0 Å². The Balaban J connectivity index is 2.13. The number of phenols is 2. The zero-order chi connectivity index (χ0) is 22.7. The van der Waals surface area contributed by atoms with Crippen molar-refractivity contribution < 1.29 is 43.5 Å². The Kier molecular flexibility index (Phi) is 6.55. The van der Waals surface area contributed by atoms with Crippen molar-refractivity contribution in [3.05, 3.63) is 47.5 Å². The van der Waals surface area contributed by atoms with Crippen LogP contribution < -0.4 is 9.47 Å². The van der Waals surface area contributed by atoms with Crippen LogP contribution in [-0.2, 0) is 23.8 Å². The second-order valence-electron chi connectivity index (χ2n) is 6.94. The lowest BCUT2D eigenvalue weighted by Gasteiger charge is -2.21. The molecule has 0 spiro atoms. The molecule has 0 aliphatic carbocycles. The number of hydrogen-bond acceptors (Lipinski definition) is 9. The third kappa shape index (κ3) is 4.09. The van der Waals surface area contributed by atoms with E-state index < -0.39 is 36.0 Å². The van der Waals surface area contributed by atoms with E-state index >= 15 is 0 Å². The highest BCUT2D eigenvalue weighted by atomic mass is 16.6. The first-order valence-electron chi connectivity index (χ1n) is 9.41. The molecule has 166 valence electrons. The number of rotatable bonds is 6. The van der Waals surface area contributed by atoms with Crippen molar-refractivity contribution in [1.29, 1.82) is 0 Å². The van der Waals surface area contributed by atoms with Gasteiger partial charge in [0.25, 0.3) is 0 Å². The fourth-order valence-corrected chi connectivity index (χ4v) is 3.83. The summed E-state index contributed by atoms with van der Waals surface area (Å²) >= 11 is 0. The van der Waals surface area contributed by atoms with E-state index in [1.165, 1.54) is 52.7 Å². The lowest BCUT2D eigenvalue weighted by atomic mass is 9.82. The van der Waals surface area contributed by atoms with E-state index in [1.54, 1.807) is 12.1 Å². The first-order chi connectivity index (χ1) is 14.9. The molecule has 3 rings (SSSR count). The Morgan fingerprint density at radius 2 is 1.13 bits per heavy atom. The highest BCUT2D eigenvalue weighted by Gasteiger charge is 2.54. The minimum Gasteiger partial charge on any atom is -0.504 e. The van der Waals surface area contributed by atoms with Gasteiger partial charge >= 0.3 is 11.9 Å². The maximum atomic E-state index is 12.7. The number of aromatic hydroxyl groups is 2. The van der Waals surface area contributed by atoms with Gasteiger partial charge in [-0.15, -0.1) is 0 Å². The first kappa shape index (κ1) is 22.2. The molecule has 0 radical (unpaired) electrons. The number of methoxy groups -OCH3 is 4. The predicted molar refractivity (Wildman–Crippen MR) is 107 cm³/mol. The van der Waals surface area contributed by atoms with Gasteiger partial charge in [0.2, 0.25) is 0 Å². The van der Waals surface area contributed by atoms with Crippen LogP contribution in [0.15, 0.2) is 36.4 Å². The van der Waals surface area contributed by atoms with Crippen LogP contribution in [0.1, 0.15) is 23.3 Å². The lowest BCUT2D eigenvalue weighted by molar-refractivity contribution is -0.157. The Labute approximate surface area is 179 Å². The van der Waals surface area contributed by atoms with Crippen LogP contribution in [0.2, 0.25) is 0 Å². The summed E-state index contributed by atoms with van der Waals surface area (Å²) in [5.74, 6) is -3.15. The second-order valence-corrected chi connectivity index (χ2v) is 6.94. The van der Waals surface area contributed by atoms with Gasteiger partial charge in [0.15, 0.2) is 23.0 Å². The van der Waals surface area contributed by atoms with Crippen LogP contribution in [0, 0.1) is 11.8 Å². The average molecular weight is 432 g/mol. The van der Waals surface area contributed by atoms with Gasteiger partial charge in [0.05, 0.1) is 40.6 Å². The van der Waals surface area contributed by atoms with Crippen LogP contribution in [-0.4, -0.2) is 50.6 Å². The minimum absolute atomic E-state index is 0.0804. The fraction of sp³-hybridized carbons (Fsp3) is 0.364. The molecule has 31 heavy (non-hydrogen) atoms. The highest BCUT2D eigenvalue weighted by Crippen LogP contribution is 2.52. The largest absolute Gasteiger partial charge is 0.504 e. The van der Waals surface area contributed by atoms with Gasteiger partial charge in [-0.05, 0) is 35.4 Å². The predicted octanol–water partition coefficient (Wildman–Crippen LogP) is 2.51. The summed E-state index contributed by atoms with van der Waals surface area (Å²) in [7, 11) is 5.24. The van der Waals surface area contributed by atoms with E-state index in [-0.39, 0.29) is 23.0 Å². The van der Waals surface area contributed by atoms with Crippen molar-refractivity contribution in [3.63, 3.8) is 0 Å². The smallest absolute Gasteiger partial charge is 0.312 e. The molecule has 2 N–H and O–H groups in total. The summed E-state index contributed by atoms with van der Waals surface area (Å²) in [6.07, 6.45) is -1.79. The van der Waals surface area contributed by atoms with Gasteiger partial charge in [-0.25, -0.2) is 0 Å². The van der Waals surface area contributed by atoms with Crippen molar-refractivity contribution >= 4 is 11.9 Å². The number of phenolic OH excluding ortho intramolecular Hbond substituents is 2. The van der Waals surface area contributed by atoms with Crippen molar-refractivity contribution in [2.24, 2.45) is 11.8 Å². The van der Waals surface area contributed by atoms with Gasteiger partial charge in [-0.2, -0.15) is 0 Å². The quantitative estimate of drug-likeness (QED) is 0.663. The van der Waals surface area contributed by atoms with Crippen LogP contribution in [0.3, 0.4) is 0 Å². The molecule has 9 heteroatoms. The molecule has 0 aromatic heterocycles. The highest BCUT2D eigenvalue weighted by molar-refractivity contribution is 5.84. The molecule has 0 unspecified atom stereocenters. The molecular weight excluding hydrogens is 408 g/mol. The summed E-state index contributed by atoms with van der Waals surface area (Å²) in [4.78, 5) is 25.5. The van der Waals surface area contributed by atoms with Gasteiger partial charge in [-0.3, -0.25) is 9.59 Å². The Morgan fingerprint density at radius 1 is 0.742 bits per heavy atom. The topological polar surface area (TPSA) is 121 Å². The molecule has 1 aliphatic rings. The van der Waals surface area contributed by atoms with Crippen molar-refractivity contribution in [2.45, 2.75) is 12.2 Å². The van der Waals surface area contributed by atoms with Gasteiger partial charge < -0.3 is 33.9 Å². The molecule has 2 aromatic rings. The van der Waals surface area contributed by atoms with Crippen molar-refractivity contribution in [1.82, 2.24) is 0 Å². The molecule has 0 amide bonds. The van der Waals surface area contributed by atoms with Crippen LogP contribution in [0.25, 0.3) is 0 Å². The third-order valence-electron chi connectivity index (χ3n) is 5.34. The van der Waals surface area contributed by atoms with E-state index in [2.05, 4.69) is 0 Å².